The van der Waals surface area contributed by atoms with Gasteiger partial charge in [-0.05, 0) is 113 Å². The van der Waals surface area contributed by atoms with Crippen LogP contribution in [0.5, 0.6) is 11.5 Å². The number of nitrogen functional groups attached to an aromatic ring is 4. The van der Waals surface area contributed by atoms with Gasteiger partial charge in [-0.3, -0.25) is 0 Å². The summed E-state index contributed by atoms with van der Waals surface area (Å²) in [5, 5.41) is 0. The van der Waals surface area contributed by atoms with Crippen molar-refractivity contribution in [3.05, 3.63) is 192 Å². The lowest BCUT2D eigenvalue weighted by Gasteiger charge is -2.40. The summed E-state index contributed by atoms with van der Waals surface area (Å²) in [6.45, 7) is 0. The zero-order chi connectivity index (χ0) is 34.5. The van der Waals surface area contributed by atoms with E-state index in [1.165, 1.54) is 33.4 Å². The Morgan fingerprint density at radius 2 is 0.620 bits per heavy atom. The third-order valence-corrected chi connectivity index (χ3v) is 8.78. The fraction of sp³-hybridized carbons (Fsp3) is 0.0455. The van der Waals surface area contributed by atoms with Crippen LogP contribution in [0.15, 0.2) is 170 Å². The molecule has 0 aromatic heterocycles. The summed E-state index contributed by atoms with van der Waals surface area (Å²) in [5.74, 6) is 0.204. The zero-order valence-electron chi connectivity index (χ0n) is 27.5. The van der Waals surface area contributed by atoms with Gasteiger partial charge in [-0.25, -0.2) is 0 Å². The number of rotatable bonds is 6. The van der Waals surface area contributed by atoms with Crippen molar-refractivity contribution in [3.8, 4) is 33.8 Å². The van der Waals surface area contributed by atoms with Crippen LogP contribution in [0.1, 0.15) is 22.3 Å². The van der Waals surface area contributed by atoms with Gasteiger partial charge in [-0.15, -0.1) is 0 Å². The summed E-state index contributed by atoms with van der Waals surface area (Å²) in [4.78, 5) is 0. The van der Waals surface area contributed by atoms with Gasteiger partial charge in [0.2, 0.25) is 0 Å². The van der Waals surface area contributed by atoms with Crippen molar-refractivity contribution < 1.29 is 9.47 Å². The van der Waals surface area contributed by atoms with Crippen molar-refractivity contribution in [2.45, 2.75) is 12.2 Å². The van der Waals surface area contributed by atoms with Crippen molar-refractivity contribution in [1.29, 1.82) is 0 Å². The van der Waals surface area contributed by atoms with Crippen LogP contribution in [0.2, 0.25) is 0 Å². The predicted molar refractivity (Wildman–Crippen MR) is 206 cm³/mol. The second kappa shape index (κ2) is 13.8. The van der Waals surface area contributed by atoms with E-state index in [2.05, 4.69) is 48.5 Å². The van der Waals surface area contributed by atoms with E-state index in [1.807, 2.05) is 121 Å². The predicted octanol–water partition coefficient (Wildman–Crippen LogP) is 9.30. The van der Waals surface area contributed by atoms with Gasteiger partial charge in [-0.1, -0.05) is 97.1 Å². The second-order valence-corrected chi connectivity index (χ2v) is 12.3. The van der Waals surface area contributed by atoms with Gasteiger partial charge >= 0.3 is 5.79 Å². The van der Waals surface area contributed by atoms with Crippen LogP contribution in [-0.2, 0) is 12.2 Å². The molecule has 6 heteroatoms. The summed E-state index contributed by atoms with van der Waals surface area (Å²) in [7, 11) is 0. The minimum Gasteiger partial charge on any atom is -0.444 e. The molecule has 0 spiro atoms. The van der Waals surface area contributed by atoms with Crippen molar-refractivity contribution in [2.24, 2.45) is 0 Å². The van der Waals surface area contributed by atoms with Crippen LogP contribution in [0, 0.1) is 0 Å². The highest BCUT2D eigenvalue weighted by Gasteiger charge is 2.45. The molecule has 0 amide bonds. The first-order chi connectivity index (χ1) is 24.4. The molecule has 0 saturated heterocycles. The molecular formula is C44H38N4O2. The molecule has 0 bridgehead atoms. The third kappa shape index (κ3) is 6.82. The molecule has 0 heterocycles. The molecule has 0 fully saturated rings. The average molecular weight is 655 g/mol. The third-order valence-electron chi connectivity index (χ3n) is 8.78. The van der Waals surface area contributed by atoms with E-state index in [0.29, 0.717) is 22.9 Å². The maximum absolute atomic E-state index is 6.68. The van der Waals surface area contributed by atoms with Gasteiger partial charge in [0.25, 0.3) is 0 Å². The van der Waals surface area contributed by atoms with E-state index >= 15 is 0 Å². The van der Waals surface area contributed by atoms with Crippen LogP contribution in [0.25, 0.3) is 22.3 Å². The van der Waals surface area contributed by atoms with E-state index < -0.39 is 5.79 Å². The smallest absolute Gasteiger partial charge is 0.305 e. The Balaban J connectivity index is 0.000000170. The molecule has 0 atom stereocenters. The summed E-state index contributed by atoms with van der Waals surface area (Å²) < 4.78 is 13.4. The first kappa shape index (κ1) is 31.9. The van der Waals surface area contributed by atoms with Gasteiger partial charge in [0.05, 0.1) is 0 Å². The van der Waals surface area contributed by atoms with Crippen LogP contribution in [0.3, 0.4) is 0 Å². The summed E-state index contributed by atoms with van der Waals surface area (Å²) in [5.41, 5.74) is 35.1. The Morgan fingerprint density at radius 1 is 0.340 bits per heavy atom. The average Bonchev–Trinajstić information content (AvgIpc) is 3.15. The number of hydrogen-bond acceptors (Lipinski definition) is 6. The van der Waals surface area contributed by atoms with E-state index in [0.717, 1.165) is 28.9 Å². The van der Waals surface area contributed by atoms with Crippen LogP contribution in [0.4, 0.5) is 22.7 Å². The van der Waals surface area contributed by atoms with E-state index in [9.17, 15) is 0 Å². The molecule has 50 heavy (non-hydrogen) atoms. The standard InChI is InChI=1S/C26H22N2O2.C18H16N2/c27-20-9-13-22(14-10-20)29-26(30-23-15-11-21(28)12-16-23)24-7-3-1-5-18(24)17-19-6-2-4-8-25(19)26;19-17-9-5-15(6-10-17)13-1-2-14(4-3-13)16-7-11-18(20)12-8-16/h1-16H,17,27-28H2;1-12H,19-20H2. The zero-order valence-corrected chi connectivity index (χ0v) is 27.5. The molecule has 0 radical (unpaired) electrons. The number of fused-ring (bicyclic) bond motifs is 2. The van der Waals surface area contributed by atoms with Gasteiger partial charge in [0, 0.05) is 33.9 Å². The van der Waals surface area contributed by atoms with E-state index in [-0.39, 0.29) is 0 Å². The number of nitrogens with two attached hydrogens (primary N) is 4. The van der Waals surface area contributed by atoms with Gasteiger partial charge in [-0.2, -0.15) is 0 Å². The molecule has 1 aliphatic rings. The van der Waals surface area contributed by atoms with Gasteiger partial charge in [0.1, 0.15) is 11.5 Å². The Bertz CT molecular complexity index is 2040. The van der Waals surface area contributed by atoms with E-state index in [1.54, 1.807) is 0 Å². The minimum atomic E-state index is -1.14. The first-order valence-corrected chi connectivity index (χ1v) is 16.4. The molecular weight excluding hydrogens is 617 g/mol. The molecule has 0 unspecified atom stereocenters. The lowest BCUT2D eigenvalue weighted by molar-refractivity contribution is -0.0871. The number of anilines is 4. The molecule has 7 aromatic rings. The van der Waals surface area contributed by atoms with Crippen LogP contribution >= 0.6 is 0 Å². The summed E-state index contributed by atoms with van der Waals surface area (Å²) in [6.07, 6.45) is 0.824. The van der Waals surface area contributed by atoms with Crippen molar-refractivity contribution in [2.75, 3.05) is 22.9 Å². The first-order valence-electron chi connectivity index (χ1n) is 16.4. The molecule has 0 saturated carbocycles. The quantitative estimate of drug-likeness (QED) is 0.105. The molecule has 1 aliphatic carbocycles. The van der Waals surface area contributed by atoms with Crippen molar-refractivity contribution in [3.63, 3.8) is 0 Å². The fourth-order valence-electron chi connectivity index (χ4n) is 6.19. The highest BCUT2D eigenvalue weighted by molar-refractivity contribution is 5.72. The van der Waals surface area contributed by atoms with E-state index in [4.69, 9.17) is 32.4 Å². The lowest BCUT2D eigenvalue weighted by atomic mass is 9.81. The maximum Gasteiger partial charge on any atom is 0.305 e. The van der Waals surface area contributed by atoms with Crippen LogP contribution < -0.4 is 32.4 Å². The summed E-state index contributed by atoms with van der Waals surface area (Å²) >= 11 is 0. The second-order valence-electron chi connectivity index (χ2n) is 12.3. The minimum absolute atomic E-state index is 0.672. The SMILES string of the molecule is Nc1ccc(-c2ccc(-c3ccc(N)cc3)cc2)cc1.Nc1ccc(OC2(Oc3ccc(N)cc3)c3ccccc3Cc3ccccc32)cc1. The molecule has 6 nitrogen and oxygen atoms in total. The number of hydrogen-bond donors (Lipinski definition) is 4. The normalized spacial score (nSPS) is 12.4. The van der Waals surface area contributed by atoms with Gasteiger partial charge in [0.15, 0.2) is 0 Å². The molecule has 246 valence electrons. The highest BCUT2D eigenvalue weighted by atomic mass is 16.7. The summed E-state index contributed by atoms with van der Waals surface area (Å²) in [6, 6.07) is 55.6. The van der Waals surface area contributed by atoms with Gasteiger partial charge < -0.3 is 32.4 Å². The lowest BCUT2D eigenvalue weighted by Crippen LogP contribution is -2.44. The Labute approximate surface area is 292 Å². The van der Waals surface area contributed by atoms with Crippen molar-refractivity contribution in [1.82, 2.24) is 0 Å². The molecule has 8 N–H and O–H groups in total. The largest absolute Gasteiger partial charge is 0.444 e. The monoisotopic (exact) mass is 654 g/mol. The highest BCUT2D eigenvalue weighted by Crippen LogP contribution is 2.44. The Kier molecular flexibility index (Phi) is 8.83. The molecule has 7 aromatic carbocycles. The fourth-order valence-corrected chi connectivity index (χ4v) is 6.19. The Hall–Kier alpha value is -6.66. The van der Waals surface area contributed by atoms with Crippen LogP contribution in [-0.4, -0.2) is 0 Å². The number of ether oxygens (including phenoxy) is 2. The molecule has 8 rings (SSSR count). The Morgan fingerprint density at radius 3 is 0.960 bits per heavy atom. The maximum atomic E-state index is 6.68. The molecule has 0 aliphatic heterocycles. The topological polar surface area (TPSA) is 123 Å². The number of benzene rings is 7. The van der Waals surface area contributed by atoms with Crippen molar-refractivity contribution >= 4 is 22.7 Å².